The molecule has 0 saturated heterocycles. The van der Waals surface area contributed by atoms with Crippen molar-refractivity contribution in [3.8, 4) is 0 Å². The fraction of sp³-hybridized carbons (Fsp3) is 0.533. The van der Waals surface area contributed by atoms with Crippen molar-refractivity contribution in [2.45, 2.75) is 35.8 Å². The van der Waals surface area contributed by atoms with Gasteiger partial charge < -0.3 is 4.74 Å². The quantitative estimate of drug-likeness (QED) is 0.584. The van der Waals surface area contributed by atoms with Crippen molar-refractivity contribution in [3.05, 3.63) is 28.8 Å². The molecule has 0 atom stereocenters. The van der Waals surface area contributed by atoms with Crippen LogP contribution in [0.5, 0.6) is 0 Å². The summed E-state index contributed by atoms with van der Waals surface area (Å²) in [6.07, 6.45) is 4.98. The SMILES string of the molecule is COC(=O)c1cc(S(=O)(=O)NCCSC2CCCC2)ccc1Cl. The summed E-state index contributed by atoms with van der Waals surface area (Å²) in [5.41, 5.74) is 0.0392. The predicted octanol–water partition coefficient (Wildman–Crippen LogP) is 3.08. The Morgan fingerprint density at radius 2 is 2.09 bits per heavy atom. The van der Waals surface area contributed by atoms with Crippen LogP contribution in [0, 0.1) is 0 Å². The van der Waals surface area contributed by atoms with Gasteiger partial charge in [0, 0.05) is 17.5 Å². The molecule has 1 aliphatic rings. The number of carbonyl (C=O) groups excluding carboxylic acids is 1. The van der Waals surface area contributed by atoms with E-state index < -0.39 is 16.0 Å². The molecule has 0 radical (unpaired) electrons. The molecule has 0 aliphatic heterocycles. The van der Waals surface area contributed by atoms with E-state index in [1.54, 1.807) is 0 Å². The van der Waals surface area contributed by atoms with Crippen LogP contribution in [-0.2, 0) is 14.8 Å². The lowest BCUT2D eigenvalue weighted by Gasteiger charge is -2.11. The number of hydrogen-bond acceptors (Lipinski definition) is 5. The maximum absolute atomic E-state index is 12.3. The first-order chi connectivity index (χ1) is 10.9. The van der Waals surface area contributed by atoms with Crippen LogP contribution in [0.3, 0.4) is 0 Å². The maximum Gasteiger partial charge on any atom is 0.339 e. The molecule has 0 heterocycles. The molecule has 0 aromatic heterocycles. The topological polar surface area (TPSA) is 72.5 Å². The molecule has 1 N–H and O–H groups in total. The van der Waals surface area contributed by atoms with E-state index in [1.807, 2.05) is 11.8 Å². The van der Waals surface area contributed by atoms with E-state index in [9.17, 15) is 13.2 Å². The number of rotatable bonds is 7. The van der Waals surface area contributed by atoms with Gasteiger partial charge in [-0.15, -0.1) is 0 Å². The van der Waals surface area contributed by atoms with Crippen LogP contribution in [0.2, 0.25) is 5.02 Å². The summed E-state index contributed by atoms with van der Waals surface area (Å²) < 4.78 is 31.7. The minimum absolute atomic E-state index is 0.00756. The minimum Gasteiger partial charge on any atom is -0.465 e. The van der Waals surface area contributed by atoms with Gasteiger partial charge in [-0.1, -0.05) is 24.4 Å². The average molecular weight is 378 g/mol. The summed E-state index contributed by atoms with van der Waals surface area (Å²) in [6, 6.07) is 4.00. The van der Waals surface area contributed by atoms with Crippen molar-refractivity contribution < 1.29 is 17.9 Å². The molecule has 23 heavy (non-hydrogen) atoms. The van der Waals surface area contributed by atoms with E-state index >= 15 is 0 Å². The van der Waals surface area contributed by atoms with Gasteiger partial charge in [0.25, 0.3) is 0 Å². The summed E-state index contributed by atoms with van der Waals surface area (Å²) in [5, 5.41) is 0.813. The fourth-order valence-electron chi connectivity index (χ4n) is 2.48. The largest absolute Gasteiger partial charge is 0.465 e. The van der Waals surface area contributed by atoms with Crippen LogP contribution in [-0.4, -0.2) is 39.0 Å². The minimum atomic E-state index is -3.67. The van der Waals surface area contributed by atoms with E-state index in [4.69, 9.17) is 11.6 Å². The van der Waals surface area contributed by atoms with Crippen LogP contribution in [0.4, 0.5) is 0 Å². The van der Waals surface area contributed by atoms with Crippen LogP contribution in [0.25, 0.3) is 0 Å². The first kappa shape index (κ1) is 18.6. The summed E-state index contributed by atoms with van der Waals surface area (Å²) >= 11 is 7.71. The Balaban J connectivity index is 1.97. The molecule has 128 valence electrons. The molecule has 0 bridgehead atoms. The Morgan fingerprint density at radius 1 is 1.39 bits per heavy atom. The van der Waals surface area contributed by atoms with Gasteiger partial charge in [0.1, 0.15) is 0 Å². The van der Waals surface area contributed by atoms with Gasteiger partial charge in [0.15, 0.2) is 0 Å². The second kappa shape index (κ2) is 8.37. The van der Waals surface area contributed by atoms with Gasteiger partial charge >= 0.3 is 5.97 Å². The molecule has 8 heteroatoms. The number of thioether (sulfide) groups is 1. The Kier molecular flexibility index (Phi) is 6.76. The molecule has 1 fully saturated rings. The summed E-state index contributed by atoms with van der Waals surface area (Å²) in [6.45, 7) is 0.361. The molecular weight excluding hydrogens is 358 g/mol. The third-order valence-electron chi connectivity index (χ3n) is 3.70. The van der Waals surface area contributed by atoms with Crippen LogP contribution in [0.15, 0.2) is 23.1 Å². The molecule has 0 unspecified atom stereocenters. The zero-order valence-electron chi connectivity index (χ0n) is 12.9. The molecule has 5 nitrogen and oxygen atoms in total. The number of methoxy groups -OCH3 is 1. The highest BCUT2D eigenvalue weighted by atomic mass is 35.5. The van der Waals surface area contributed by atoms with Crippen LogP contribution < -0.4 is 4.72 Å². The molecule has 0 amide bonds. The standard InChI is InChI=1S/C15H20ClNO4S2/c1-21-15(18)13-10-12(6-7-14(13)16)23(19,20)17-8-9-22-11-4-2-3-5-11/h6-7,10-11,17H,2-5,8-9H2,1H3. The van der Waals surface area contributed by atoms with Gasteiger partial charge in [-0.3, -0.25) is 0 Å². The second-order valence-electron chi connectivity index (χ2n) is 5.31. The fourth-order valence-corrected chi connectivity index (χ4v) is 5.08. The summed E-state index contributed by atoms with van der Waals surface area (Å²) in [7, 11) is -2.45. The Hall–Kier alpha value is -0.760. The molecule has 1 aromatic rings. The smallest absolute Gasteiger partial charge is 0.339 e. The van der Waals surface area contributed by atoms with E-state index in [0.717, 1.165) is 5.75 Å². The Labute approximate surface area is 146 Å². The zero-order valence-corrected chi connectivity index (χ0v) is 15.3. The molecule has 1 aliphatic carbocycles. The van der Waals surface area contributed by atoms with Gasteiger partial charge in [-0.25, -0.2) is 17.9 Å². The van der Waals surface area contributed by atoms with Crippen LogP contribution in [0.1, 0.15) is 36.0 Å². The number of sulfonamides is 1. The summed E-state index contributed by atoms with van der Waals surface area (Å²) in [5.74, 6) is 0.0743. The average Bonchev–Trinajstić information content (AvgIpc) is 3.04. The van der Waals surface area contributed by atoms with Gasteiger partial charge in [0.05, 0.1) is 22.6 Å². The van der Waals surface area contributed by atoms with E-state index in [1.165, 1.54) is 51.0 Å². The first-order valence-corrected chi connectivity index (χ1v) is 10.3. The lowest BCUT2D eigenvalue weighted by molar-refractivity contribution is 0.0600. The molecular formula is C15H20ClNO4S2. The summed E-state index contributed by atoms with van der Waals surface area (Å²) in [4.78, 5) is 11.6. The van der Waals surface area contributed by atoms with Crippen molar-refractivity contribution in [2.24, 2.45) is 0 Å². The number of carbonyl (C=O) groups is 1. The number of benzene rings is 1. The lowest BCUT2D eigenvalue weighted by atomic mass is 10.2. The maximum atomic E-state index is 12.3. The van der Waals surface area contributed by atoms with Gasteiger partial charge in [-0.2, -0.15) is 11.8 Å². The molecule has 2 rings (SSSR count). The van der Waals surface area contributed by atoms with Gasteiger partial charge in [0.2, 0.25) is 10.0 Å². The first-order valence-electron chi connectivity index (χ1n) is 7.43. The van der Waals surface area contributed by atoms with Crippen molar-refractivity contribution >= 4 is 39.4 Å². The number of hydrogen-bond donors (Lipinski definition) is 1. The van der Waals surface area contributed by atoms with Crippen LogP contribution >= 0.6 is 23.4 Å². The normalized spacial score (nSPS) is 15.7. The Bertz CT molecular complexity index is 657. The van der Waals surface area contributed by atoms with E-state index in [2.05, 4.69) is 9.46 Å². The van der Waals surface area contributed by atoms with Gasteiger partial charge in [-0.05, 0) is 31.0 Å². The van der Waals surface area contributed by atoms with Crippen molar-refractivity contribution in [1.29, 1.82) is 0 Å². The third kappa shape index (κ3) is 5.11. The van der Waals surface area contributed by atoms with Crippen molar-refractivity contribution in [3.63, 3.8) is 0 Å². The number of halogens is 1. The lowest BCUT2D eigenvalue weighted by Crippen LogP contribution is -2.26. The highest BCUT2D eigenvalue weighted by Crippen LogP contribution is 2.29. The zero-order chi connectivity index (χ0) is 16.9. The highest BCUT2D eigenvalue weighted by molar-refractivity contribution is 8.00. The molecule has 0 spiro atoms. The molecule has 1 aromatic carbocycles. The number of esters is 1. The third-order valence-corrected chi connectivity index (χ3v) is 6.87. The highest BCUT2D eigenvalue weighted by Gasteiger charge is 2.19. The van der Waals surface area contributed by atoms with Crippen molar-refractivity contribution in [1.82, 2.24) is 4.72 Å². The number of ether oxygens (including phenoxy) is 1. The predicted molar refractivity (Wildman–Crippen MR) is 92.7 cm³/mol. The van der Waals surface area contributed by atoms with E-state index in [0.29, 0.717) is 11.8 Å². The second-order valence-corrected chi connectivity index (χ2v) is 8.89. The van der Waals surface area contributed by atoms with Crippen molar-refractivity contribution in [2.75, 3.05) is 19.4 Å². The molecule has 1 saturated carbocycles. The monoisotopic (exact) mass is 377 g/mol. The van der Waals surface area contributed by atoms with E-state index in [-0.39, 0.29) is 15.5 Å². The number of nitrogens with one attached hydrogen (secondary N) is 1. The Morgan fingerprint density at radius 3 is 2.74 bits per heavy atom.